The minimum Gasteiger partial charge on any atom is -0.507 e. The van der Waals surface area contributed by atoms with E-state index < -0.39 is 24.5 Å². The maximum atomic E-state index is 12.3. The third kappa shape index (κ3) is 3.77. The van der Waals surface area contributed by atoms with Crippen molar-refractivity contribution in [3.05, 3.63) is 29.8 Å². The van der Waals surface area contributed by atoms with Gasteiger partial charge in [-0.1, -0.05) is 12.1 Å². The summed E-state index contributed by atoms with van der Waals surface area (Å²) in [5, 5.41) is 14.9. The van der Waals surface area contributed by atoms with Gasteiger partial charge < -0.3 is 15.2 Å². The van der Waals surface area contributed by atoms with Gasteiger partial charge in [-0.05, 0) is 68.4 Å². The third-order valence-corrected chi connectivity index (χ3v) is 6.13. The molecule has 3 N–H and O–H groups in total. The Morgan fingerprint density at radius 1 is 1.04 bits per heavy atom. The Morgan fingerprint density at radius 3 is 2.22 bits per heavy atom. The number of nitrogens with one attached hydrogen (secondary N) is 2. The van der Waals surface area contributed by atoms with E-state index in [1.54, 1.807) is 12.1 Å². The van der Waals surface area contributed by atoms with Crippen molar-refractivity contribution in [3.8, 4) is 5.75 Å². The molecule has 3 amide bonds. The molecular weight excluding hydrogens is 348 g/mol. The average Bonchev–Trinajstić information content (AvgIpc) is 2.58. The van der Waals surface area contributed by atoms with Crippen LogP contribution < -0.4 is 10.6 Å². The molecule has 5 rings (SSSR count). The summed E-state index contributed by atoms with van der Waals surface area (Å²) in [5.41, 5.74) is -0.214. The third-order valence-electron chi connectivity index (χ3n) is 6.13. The smallest absolute Gasteiger partial charge is 0.342 e. The molecule has 0 spiro atoms. The second-order valence-electron chi connectivity index (χ2n) is 8.29. The lowest BCUT2D eigenvalue weighted by Crippen LogP contribution is -2.62. The minimum absolute atomic E-state index is 0.0247. The summed E-state index contributed by atoms with van der Waals surface area (Å²) in [4.78, 5) is 36.1. The highest BCUT2D eigenvalue weighted by Crippen LogP contribution is 2.55. The Hall–Kier alpha value is -2.57. The van der Waals surface area contributed by atoms with Gasteiger partial charge in [0.25, 0.3) is 5.91 Å². The number of esters is 1. The Morgan fingerprint density at radius 2 is 1.63 bits per heavy atom. The molecule has 4 aliphatic rings. The van der Waals surface area contributed by atoms with Gasteiger partial charge in [0.05, 0.1) is 0 Å². The van der Waals surface area contributed by atoms with E-state index >= 15 is 0 Å². The molecule has 0 aliphatic heterocycles. The van der Waals surface area contributed by atoms with Gasteiger partial charge in [-0.3, -0.25) is 10.1 Å². The summed E-state index contributed by atoms with van der Waals surface area (Å²) >= 11 is 0. The van der Waals surface area contributed by atoms with Crippen LogP contribution in [0.4, 0.5) is 4.79 Å². The Kier molecular flexibility index (Phi) is 4.53. The summed E-state index contributed by atoms with van der Waals surface area (Å²) in [5.74, 6) is 0.332. The quantitative estimate of drug-likeness (QED) is 0.704. The average molecular weight is 372 g/mol. The van der Waals surface area contributed by atoms with Crippen LogP contribution in [0.1, 0.15) is 48.9 Å². The highest BCUT2D eigenvalue weighted by molar-refractivity contribution is 5.97. The first-order valence-electron chi connectivity index (χ1n) is 9.49. The number of ether oxygens (including phenoxy) is 1. The molecule has 0 saturated heterocycles. The van der Waals surface area contributed by atoms with Crippen molar-refractivity contribution in [2.24, 2.45) is 17.8 Å². The summed E-state index contributed by atoms with van der Waals surface area (Å²) < 4.78 is 4.87. The van der Waals surface area contributed by atoms with Gasteiger partial charge in [0.2, 0.25) is 0 Å². The first-order valence-corrected chi connectivity index (χ1v) is 9.49. The molecule has 0 radical (unpaired) electrons. The topological polar surface area (TPSA) is 105 Å². The molecule has 144 valence electrons. The van der Waals surface area contributed by atoms with Gasteiger partial charge in [-0.2, -0.15) is 0 Å². The fourth-order valence-corrected chi connectivity index (χ4v) is 5.55. The van der Waals surface area contributed by atoms with E-state index in [1.807, 2.05) is 0 Å². The maximum Gasteiger partial charge on any atom is 0.342 e. The molecule has 1 aromatic carbocycles. The minimum atomic E-state index is -0.815. The number of para-hydroxylation sites is 1. The number of amides is 3. The molecule has 27 heavy (non-hydrogen) atoms. The number of hydrogen-bond donors (Lipinski definition) is 3. The summed E-state index contributed by atoms with van der Waals surface area (Å²) in [6.07, 6.45) is 6.77. The van der Waals surface area contributed by atoms with Crippen molar-refractivity contribution >= 4 is 17.9 Å². The molecule has 4 saturated carbocycles. The van der Waals surface area contributed by atoms with Gasteiger partial charge in [-0.15, -0.1) is 0 Å². The number of phenolic OH excluding ortho intramolecular Hbond substituents is 1. The van der Waals surface area contributed by atoms with Crippen LogP contribution in [0.3, 0.4) is 0 Å². The van der Waals surface area contributed by atoms with Crippen LogP contribution in [0.5, 0.6) is 5.75 Å². The van der Waals surface area contributed by atoms with Crippen LogP contribution in [0.2, 0.25) is 0 Å². The largest absolute Gasteiger partial charge is 0.507 e. The van der Waals surface area contributed by atoms with Gasteiger partial charge >= 0.3 is 12.0 Å². The molecule has 4 aliphatic carbocycles. The standard InChI is InChI=1S/C20H24N2O5/c23-16-4-2-1-3-15(16)18(25)27-11-17(24)21-19(26)22-20-8-12-5-13(9-20)7-14(6-12)10-20/h1-4,12-14,23H,5-11H2,(H2,21,22,24,26). The number of imide groups is 1. The van der Waals surface area contributed by atoms with Gasteiger partial charge in [0, 0.05) is 5.54 Å². The van der Waals surface area contributed by atoms with Crippen LogP contribution in [0.15, 0.2) is 24.3 Å². The van der Waals surface area contributed by atoms with E-state index in [1.165, 1.54) is 31.4 Å². The van der Waals surface area contributed by atoms with Crippen LogP contribution in [-0.2, 0) is 9.53 Å². The van der Waals surface area contributed by atoms with E-state index in [4.69, 9.17) is 4.74 Å². The Balaban J connectivity index is 1.27. The first-order chi connectivity index (χ1) is 12.9. The fourth-order valence-electron chi connectivity index (χ4n) is 5.55. The number of aromatic hydroxyl groups is 1. The van der Waals surface area contributed by atoms with Crippen LogP contribution in [-0.4, -0.2) is 35.2 Å². The van der Waals surface area contributed by atoms with E-state index in [-0.39, 0.29) is 16.9 Å². The van der Waals surface area contributed by atoms with Crippen LogP contribution >= 0.6 is 0 Å². The molecule has 1 aromatic rings. The number of hydrogen-bond acceptors (Lipinski definition) is 5. The lowest BCUT2D eigenvalue weighted by Gasteiger charge is -2.56. The predicted octanol–water partition coefficient (Wildman–Crippen LogP) is 2.34. The first kappa shape index (κ1) is 17.8. The lowest BCUT2D eigenvalue weighted by atomic mass is 9.53. The van der Waals surface area contributed by atoms with E-state index in [2.05, 4.69) is 10.6 Å². The predicted molar refractivity (Wildman–Crippen MR) is 96.0 cm³/mol. The van der Waals surface area contributed by atoms with Crippen molar-refractivity contribution in [3.63, 3.8) is 0 Å². The normalized spacial score (nSPS) is 30.6. The summed E-state index contributed by atoms with van der Waals surface area (Å²) in [6, 6.07) is 5.38. The highest BCUT2D eigenvalue weighted by atomic mass is 16.5. The molecular formula is C20H24N2O5. The maximum absolute atomic E-state index is 12.3. The van der Waals surface area contributed by atoms with E-state index in [9.17, 15) is 19.5 Å². The number of benzene rings is 1. The molecule has 7 nitrogen and oxygen atoms in total. The summed E-state index contributed by atoms with van der Waals surface area (Å²) in [6.45, 7) is -0.582. The van der Waals surface area contributed by atoms with Gasteiger partial charge in [0.1, 0.15) is 11.3 Å². The molecule has 0 heterocycles. The van der Waals surface area contributed by atoms with E-state index in [0.717, 1.165) is 19.3 Å². The summed E-state index contributed by atoms with van der Waals surface area (Å²) in [7, 11) is 0. The van der Waals surface area contributed by atoms with Crippen molar-refractivity contribution in [1.82, 2.24) is 10.6 Å². The zero-order valence-electron chi connectivity index (χ0n) is 15.1. The molecule has 7 heteroatoms. The number of carbonyl (C=O) groups is 3. The molecule has 0 unspecified atom stereocenters. The van der Waals surface area contributed by atoms with Crippen molar-refractivity contribution in [2.45, 2.75) is 44.1 Å². The van der Waals surface area contributed by atoms with Crippen LogP contribution in [0, 0.1) is 17.8 Å². The monoisotopic (exact) mass is 372 g/mol. The van der Waals surface area contributed by atoms with Gasteiger partial charge in [0.15, 0.2) is 6.61 Å². The second-order valence-corrected chi connectivity index (χ2v) is 8.29. The highest BCUT2D eigenvalue weighted by Gasteiger charge is 2.51. The number of phenols is 1. The number of carbonyl (C=O) groups excluding carboxylic acids is 3. The van der Waals surface area contributed by atoms with Crippen molar-refractivity contribution in [1.29, 1.82) is 0 Å². The second kappa shape index (κ2) is 6.87. The Labute approximate surface area is 157 Å². The van der Waals surface area contributed by atoms with Crippen molar-refractivity contribution < 1.29 is 24.2 Å². The lowest BCUT2D eigenvalue weighted by molar-refractivity contribution is -0.123. The zero-order valence-corrected chi connectivity index (χ0v) is 15.1. The SMILES string of the molecule is O=C(COC(=O)c1ccccc1O)NC(=O)NC12CC3CC(CC(C3)C1)C2. The van der Waals surface area contributed by atoms with Gasteiger partial charge in [-0.25, -0.2) is 9.59 Å². The van der Waals surface area contributed by atoms with E-state index in [0.29, 0.717) is 17.8 Å². The number of rotatable bonds is 4. The molecule has 4 bridgehead atoms. The Bertz CT molecular complexity index is 740. The molecule has 0 aromatic heterocycles. The van der Waals surface area contributed by atoms with Crippen LogP contribution in [0.25, 0.3) is 0 Å². The zero-order chi connectivity index (χ0) is 19.0. The van der Waals surface area contributed by atoms with Crippen molar-refractivity contribution in [2.75, 3.05) is 6.61 Å². The molecule has 4 fully saturated rings. The number of urea groups is 1. The molecule has 0 atom stereocenters. The fraction of sp³-hybridized carbons (Fsp3) is 0.550.